The van der Waals surface area contributed by atoms with E-state index in [9.17, 15) is 18.0 Å². The molecule has 0 spiro atoms. The first-order valence-electron chi connectivity index (χ1n) is 9.41. The largest absolute Gasteiger partial charge is 0.345 e. The Morgan fingerprint density at radius 2 is 1.90 bits per heavy atom. The molecule has 2 aliphatic heterocycles. The number of thiocarbonyl (C=S) groups is 1. The van der Waals surface area contributed by atoms with Crippen LogP contribution in [-0.4, -0.2) is 47.3 Å². The third-order valence-electron chi connectivity index (χ3n) is 5.23. The molecule has 0 aromatic heterocycles. The molecule has 29 heavy (non-hydrogen) atoms. The normalized spacial score (nSPS) is 25.3. The van der Waals surface area contributed by atoms with Gasteiger partial charge in [-0.05, 0) is 42.7 Å². The van der Waals surface area contributed by atoms with Gasteiger partial charge in [0, 0.05) is 17.0 Å². The van der Waals surface area contributed by atoms with Crippen LogP contribution < -0.4 is 5.32 Å². The van der Waals surface area contributed by atoms with Crippen molar-refractivity contribution in [3.05, 3.63) is 51.8 Å². The highest BCUT2D eigenvalue weighted by molar-refractivity contribution is 8.26. The Balaban J connectivity index is 1.43. The van der Waals surface area contributed by atoms with E-state index in [0.29, 0.717) is 14.8 Å². The van der Waals surface area contributed by atoms with Crippen LogP contribution >= 0.6 is 24.0 Å². The number of thioether (sulfide) groups is 1. The molecule has 1 aliphatic carbocycles. The van der Waals surface area contributed by atoms with Crippen LogP contribution in [0, 0.1) is 0 Å². The molecule has 3 aliphatic rings. The third kappa shape index (κ3) is 4.46. The molecule has 1 saturated heterocycles. The number of nitrogens with zero attached hydrogens (tertiary/aromatic N) is 1. The topological polar surface area (TPSA) is 83.6 Å². The van der Waals surface area contributed by atoms with Gasteiger partial charge < -0.3 is 5.32 Å². The number of hydrogen-bond donors (Lipinski definition) is 1. The fourth-order valence-corrected chi connectivity index (χ4v) is 6.39. The quantitative estimate of drug-likeness (QED) is 0.563. The molecule has 1 aromatic rings. The minimum absolute atomic E-state index is 0.0389. The van der Waals surface area contributed by atoms with E-state index in [2.05, 4.69) is 5.32 Å². The van der Waals surface area contributed by atoms with Crippen LogP contribution in [0.2, 0.25) is 0 Å². The summed E-state index contributed by atoms with van der Waals surface area (Å²) in [6.07, 6.45) is 7.54. The summed E-state index contributed by atoms with van der Waals surface area (Å²) in [6, 6.07) is 6.55. The second kappa shape index (κ2) is 8.04. The highest BCUT2D eigenvalue weighted by Gasteiger charge is 2.38. The molecular weight excluding hydrogens is 428 g/mol. The Morgan fingerprint density at radius 1 is 1.21 bits per heavy atom. The van der Waals surface area contributed by atoms with E-state index >= 15 is 0 Å². The summed E-state index contributed by atoms with van der Waals surface area (Å²) in [5, 5.41) is 3.82. The minimum atomic E-state index is -3.22. The SMILES string of the molecule is O=C(NC1C=CS(=O)(=O)C1)c1ccc(C=C2SC(=S)N(C3CCCC3)C2=O)cc1. The number of nitrogens with one attached hydrogen (secondary N) is 1. The van der Waals surface area contributed by atoms with Crippen LogP contribution in [0.4, 0.5) is 0 Å². The molecule has 1 atom stereocenters. The van der Waals surface area contributed by atoms with E-state index < -0.39 is 15.9 Å². The van der Waals surface area contributed by atoms with Crippen molar-refractivity contribution in [3.8, 4) is 0 Å². The second-order valence-electron chi connectivity index (χ2n) is 7.35. The maximum absolute atomic E-state index is 12.8. The third-order valence-corrected chi connectivity index (χ3v) is 7.96. The summed E-state index contributed by atoms with van der Waals surface area (Å²) in [7, 11) is -3.22. The number of rotatable bonds is 4. The lowest BCUT2D eigenvalue weighted by atomic mass is 10.1. The maximum Gasteiger partial charge on any atom is 0.266 e. The highest BCUT2D eigenvalue weighted by Crippen LogP contribution is 2.37. The zero-order chi connectivity index (χ0) is 20.6. The Bertz CT molecular complexity index is 1020. The van der Waals surface area contributed by atoms with Gasteiger partial charge >= 0.3 is 0 Å². The number of amides is 2. The zero-order valence-corrected chi connectivity index (χ0v) is 18.0. The van der Waals surface area contributed by atoms with E-state index in [0.717, 1.165) is 36.7 Å². The number of carbonyl (C=O) groups excluding carboxylic acids is 2. The molecule has 1 N–H and O–H groups in total. The van der Waals surface area contributed by atoms with Crippen molar-refractivity contribution in [2.24, 2.45) is 0 Å². The first kappa shape index (κ1) is 20.3. The molecule has 1 saturated carbocycles. The first-order valence-corrected chi connectivity index (χ1v) is 12.4. The average Bonchev–Trinajstić information content (AvgIpc) is 3.37. The van der Waals surface area contributed by atoms with Crippen LogP contribution in [0.25, 0.3) is 6.08 Å². The molecule has 6 nitrogen and oxygen atoms in total. The van der Waals surface area contributed by atoms with E-state index in [1.165, 1.54) is 17.8 Å². The van der Waals surface area contributed by atoms with E-state index in [-0.39, 0.29) is 23.6 Å². The Hall–Kier alpha value is -1.97. The lowest BCUT2D eigenvalue weighted by Gasteiger charge is -2.21. The molecular formula is C20H20N2O4S3. The lowest BCUT2D eigenvalue weighted by Crippen LogP contribution is -2.36. The smallest absolute Gasteiger partial charge is 0.266 e. The fourth-order valence-electron chi connectivity index (χ4n) is 3.76. The molecule has 2 amide bonds. The molecule has 9 heteroatoms. The standard InChI is InChI=1S/C20H20N2O4S3/c23-18(21-15-9-10-29(25,26)12-15)14-7-5-13(6-8-14)11-17-19(24)22(20(27)28-17)16-3-1-2-4-16/h5-11,15-16H,1-4,12H2,(H,21,23). The van der Waals surface area contributed by atoms with Crippen molar-refractivity contribution in [1.82, 2.24) is 10.2 Å². The van der Waals surface area contributed by atoms with E-state index in [1.807, 2.05) is 0 Å². The van der Waals surface area contributed by atoms with Crippen molar-refractivity contribution in [2.75, 3.05) is 5.75 Å². The molecule has 2 heterocycles. The molecule has 0 radical (unpaired) electrons. The fraction of sp³-hybridized carbons (Fsp3) is 0.350. The van der Waals surface area contributed by atoms with Gasteiger partial charge in [0.05, 0.1) is 16.7 Å². The molecule has 152 valence electrons. The summed E-state index contributed by atoms with van der Waals surface area (Å²) in [6.45, 7) is 0. The van der Waals surface area contributed by atoms with Crippen LogP contribution in [0.3, 0.4) is 0 Å². The number of hydrogen-bond acceptors (Lipinski definition) is 6. The monoisotopic (exact) mass is 448 g/mol. The zero-order valence-electron chi connectivity index (χ0n) is 15.5. The molecule has 0 bridgehead atoms. The molecule has 1 unspecified atom stereocenters. The van der Waals surface area contributed by atoms with Crippen LogP contribution in [0.15, 0.2) is 40.7 Å². The molecule has 2 fully saturated rings. The van der Waals surface area contributed by atoms with Crippen LogP contribution in [-0.2, 0) is 14.6 Å². The lowest BCUT2D eigenvalue weighted by molar-refractivity contribution is -0.123. The van der Waals surface area contributed by atoms with Gasteiger partial charge in [0.1, 0.15) is 4.32 Å². The van der Waals surface area contributed by atoms with Crippen LogP contribution in [0.1, 0.15) is 41.6 Å². The Morgan fingerprint density at radius 3 is 2.52 bits per heavy atom. The van der Waals surface area contributed by atoms with Gasteiger partial charge in [0.15, 0.2) is 9.84 Å². The summed E-state index contributed by atoms with van der Waals surface area (Å²) in [5.74, 6) is -0.488. The van der Waals surface area contributed by atoms with E-state index in [4.69, 9.17) is 12.2 Å². The summed E-state index contributed by atoms with van der Waals surface area (Å²) >= 11 is 6.73. The van der Waals surface area contributed by atoms with Gasteiger partial charge in [-0.3, -0.25) is 14.5 Å². The Labute approximate surface area is 179 Å². The van der Waals surface area contributed by atoms with Crippen molar-refractivity contribution < 1.29 is 18.0 Å². The molecule has 4 rings (SSSR count). The average molecular weight is 449 g/mol. The predicted molar refractivity (Wildman–Crippen MR) is 118 cm³/mol. The number of carbonyl (C=O) groups is 2. The minimum Gasteiger partial charge on any atom is -0.345 e. The van der Waals surface area contributed by atoms with Gasteiger partial charge in [-0.2, -0.15) is 0 Å². The predicted octanol–water partition coefficient (Wildman–Crippen LogP) is 2.87. The first-order chi connectivity index (χ1) is 13.8. The van der Waals surface area contributed by atoms with Crippen molar-refractivity contribution in [2.45, 2.75) is 37.8 Å². The molecule has 1 aromatic carbocycles. The van der Waals surface area contributed by atoms with Crippen LogP contribution in [0.5, 0.6) is 0 Å². The summed E-state index contributed by atoms with van der Waals surface area (Å²) in [4.78, 5) is 27.4. The summed E-state index contributed by atoms with van der Waals surface area (Å²) in [5.41, 5.74) is 1.23. The highest BCUT2D eigenvalue weighted by atomic mass is 32.2. The van der Waals surface area contributed by atoms with Crippen molar-refractivity contribution in [3.63, 3.8) is 0 Å². The van der Waals surface area contributed by atoms with Gasteiger partial charge in [0.25, 0.3) is 11.8 Å². The van der Waals surface area contributed by atoms with Gasteiger partial charge in [-0.25, -0.2) is 8.42 Å². The van der Waals surface area contributed by atoms with Crippen molar-refractivity contribution >= 4 is 56.0 Å². The maximum atomic E-state index is 12.8. The van der Waals surface area contributed by atoms with Gasteiger partial charge in [0.2, 0.25) is 0 Å². The number of benzene rings is 1. The van der Waals surface area contributed by atoms with Crippen molar-refractivity contribution in [1.29, 1.82) is 0 Å². The second-order valence-corrected chi connectivity index (χ2v) is 11.0. The summed E-state index contributed by atoms with van der Waals surface area (Å²) < 4.78 is 23.5. The Kier molecular flexibility index (Phi) is 5.63. The number of sulfone groups is 1. The van der Waals surface area contributed by atoms with Gasteiger partial charge in [-0.1, -0.05) is 49.0 Å². The van der Waals surface area contributed by atoms with Gasteiger partial charge in [-0.15, -0.1) is 0 Å². The van der Waals surface area contributed by atoms with E-state index in [1.54, 1.807) is 35.2 Å².